The van der Waals surface area contributed by atoms with Crippen molar-refractivity contribution in [3.05, 3.63) is 15.1 Å². The Kier molecular flexibility index (Phi) is 4.41. The monoisotopic (exact) mass is 400 g/mol. The second-order valence-corrected chi connectivity index (χ2v) is 8.12. The van der Waals surface area contributed by atoms with E-state index in [1.54, 1.807) is 0 Å². The van der Waals surface area contributed by atoms with E-state index in [-0.39, 0.29) is 0 Å². The highest BCUT2D eigenvalue weighted by molar-refractivity contribution is 14.1. The lowest BCUT2D eigenvalue weighted by Gasteiger charge is -2.35. The zero-order valence-corrected chi connectivity index (χ0v) is 15.3. The molecule has 0 radical (unpaired) electrons. The van der Waals surface area contributed by atoms with Crippen LogP contribution in [0.4, 0.5) is 5.82 Å². The molecule has 0 aliphatic carbocycles. The number of hydrogen-bond acceptors (Lipinski definition) is 4. The average molecular weight is 400 g/mol. The van der Waals surface area contributed by atoms with Gasteiger partial charge in [0.25, 0.3) is 0 Å². The number of nitrogen functional groups attached to an aromatic ring is 1. The Morgan fingerprint density at radius 2 is 1.86 bits per heavy atom. The van der Waals surface area contributed by atoms with Crippen LogP contribution in [0.1, 0.15) is 57.0 Å². The molecule has 4 nitrogen and oxygen atoms in total. The zero-order valence-electron chi connectivity index (χ0n) is 13.1. The largest absolute Gasteiger partial charge is 0.383 e. The number of halogens is 1. The van der Waals surface area contributed by atoms with Gasteiger partial charge in [0.2, 0.25) is 0 Å². The van der Waals surface area contributed by atoms with Crippen molar-refractivity contribution in [3.63, 3.8) is 0 Å². The normalized spacial score (nSPS) is 29.3. The topological polar surface area (TPSA) is 55.0 Å². The molecule has 2 atom stereocenters. The van der Waals surface area contributed by atoms with Gasteiger partial charge in [-0.05, 0) is 67.7 Å². The Labute approximate surface area is 141 Å². The molecule has 3 rings (SSSR count). The maximum absolute atomic E-state index is 6.15. The molecule has 3 heterocycles. The third-order valence-corrected chi connectivity index (χ3v) is 6.20. The second kappa shape index (κ2) is 5.99. The van der Waals surface area contributed by atoms with Crippen LogP contribution in [0.5, 0.6) is 0 Å². The van der Waals surface area contributed by atoms with Crippen LogP contribution in [0, 0.1) is 9.49 Å². The molecule has 2 aliphatic heterocycles. The molecule has 0 aromatic carbocycles. The number of aromatic nitrogens is 2. The zero-order chi connectivity index (χ0) is 15.1. The van der Waals surface area contributed by atoms with Crippen molar-refractivity contribution in [1.29, 1.82) is 0 Å². The lowest BCUT2D eigenvalue weighted by atomic mass is 9.90. The number of piperidine rings is 1. The predicted molar refractivity (Wildman–Crippen MR) is 94.3 cm³/mol. The Morgan fingerprint density at radius 3 is 2.43 bits per heavy atom. The highest BCUT2D eigenvalue weighted by Gasteiger charge is 2.40. The first-order valence-electron chi connectivity index (χ1n) is 7.99. The van der Waals surface area contributed by atoms with Gasteiger partial charge in [0, 0.05) is 18.0 Å². The summed E-state index contributed by atoms with van der Waals surface area (Å²) >= 11 is 2.29. The van der Waals surface area contributed by atoms with Gasteiger partial charge in [-0.1, -0.05) is 13.8 Å². The molecule has 0 spiro atoms. The van der Waals surface area contributed by atoms with E-state index in [2.05, 4.69) is 53.4 Å². The SMILES string of the molecule is CC(C)Cc1nc(C2CC3CCC(C2)N3C)nc(N)c1I. The molecule has 21 heavy (non-hydrogen) atoms. The van der Waals surface area contributed by atoms with E-state index in [4.69, 9.17) is 10.7 Å². The summed E-state index contributed by atoms with van der Waals surface area (Å²) in [6.45, 7) is 4.45. The minimum atomic E-state index is 0.490. The molecular weight excluding hydrogens is 375 g/mol. The van der Waals surface area contributed by atoms with Crippen molar-refractivity contribution in [1.82, 2.24) is 14.9 Å². The van der Waals surface area contributed by atoms with Gasteiger partial charge in [-0.15, -0.1) is 0 Å². The maximum Gasteiger partial charge on any atom is 0.140 e. The van der Waals surface area contributed by atoms with Gasteiger partial charge in [-0.2, -0.15) is 0 Å². The van der Waals surface area contributed by atoms with Crippen LogP contribution in [0.15, 0.2) is 0 Å². The summed E-state index contributed by atoms with van der Waals surface area (Å²) in [5.74, 6) is 2.74. The molecule has 116 valence electrons. The van der Waals surface area contributed by atoms with Crippen molar-refractivity contribution < 1.29 is 0 Å². The standard InChI is InChI=1S/C16H25IN4/c1-9(2)6-13-14(17)15(18)20-16(19-13)10-7-11-4-5-12(8-10)21(11)3/h9-12H,4-8H2,1-3H3,(H2,18,19,20). The molecular formula is C16H25IN4. The average Bonchev–Trinajstić information content (AvgIpc) is 2.64. The molecule has 1 aromatic heterocycles. The summed E-state index contributed by atoms with van der Waals surface area (Å²) in [5.41, 5.74) is 7.29. The van der Waals surface area contributed by atoms with Crippen molar-refractivity contribution in [2.24, 2.45) is 5.92 Å². The van der Waals surface area contributed by atoms with Crippen LogP contribution in [0.3, 0.4) is 0 Å². The molecule has 2 N–H and O–H groups in total. The molecule has 2 unspecified atom stereocenters. The van der Waals surface area contributed by atoms with E-state index >= 15 is 0 Å². The van der Waals surface area contributed by atoms with E-state index in [9.17, 15) is 0 Å². The summed E-state index contributed by atoms with van der Waals surface area (Å²) in [7, 11) is 2.27. The highest BCUT2D eigenvalue weighted by Crippen LogP contribution is 2.41. The van der Waals surface area contributed by atoms with Gasteiger partial charge in [0.05, 0.1) is 9.26 Å². The van der Waals surface area contributed by atoms with Crippen LogP contribution < -0.4 is 5.73 Å². The summed E-state index contributed by atoms with van der Waals surface area (Å²) in [5, 5.41) is 0. The fraction of sp³-hybridized carbons (Fsp3) is 0.750. The molecule has 2 saturated heterocycles. The molecule has 1 aromatic rings. The minimum Gasteiger partial charge on any atom is -0.383 e. The third kappa shape index (κ3) is 3.04. The molecule has 0 saturated carbocycles. The number of rotatable bonds is 3. The fourth-order valence-corrected chi connectivity index (χ4v) is 4.32. The van der Waals surface area contributed by atoms with Crippen LogP contribution in [0.2, 0.25) is 0 Å². The smallest absolute Gasteiger partial charge is 0.140 e. The van der Waals surface area contributed by atoms with Crippen molar-refractivity contribution in [2.75, 3.05) is 12.8 Å². The van der Waals surface area contributed by atoms with Gasteiger partial charge in [-0.25, -0.2) is 9.97 Å². The van der Waals surface area contributed by atoms with Crippen molar-refractivity contribution in [2.45, 2.75) is 64.0 Å². The Balaban J connectivity index is 1.87. The molecule has 2 aliphatic rings. The summed E-state index contributed by atoms with van der Waals surface area (Å²) in [4.78, 5) is 12.1. The lowest BCUT2D eigenvalue weighted by molar-refractivity contribution is 0.159. The Bertz CT molecular complexity index is 517. The Hall–Kier alpha value is -0.430. The Morgan fingerprint density at radius 1 is 1.24 bits per heavy atom. The maximum atomic E-state index is 6.15. The molecule has 2 fully saturated rings. The fourth-order valence-electron chi connectivity index (χ4n) is 3.86. The number of fused-ring (bicyclic) bond motifs is 2. The number of anilines is 1. The van der Waals surface area contributed by atoms with Crippen LogP contribution in [0.25, 0.3) is 0 Å². The van der Waals surface area contributed by atoms with E-state index in [0.717, 1.165) is 21.5 Å². The summed E-state index contributed by atoms with van der Waals surface area (Å²) in [6, 6.07) is 1.43. The molecule has 5 heteroatoms. The van der Waals surface area contributed by atoms with Gasteiger partial charge < -0.3 is 10.6 Å². The van der Waals surface area contributed by atoms with E-state index in [1.807, 2.05) is 0 Å². The molecule has 2 bridgehead atoms. The lowest BCUT2D eigenvalue weighted by Crippen LogP contribution is -2.39. The van der Waals surface area contributed by atoms with Gasteiger partial charge in [-0.3, -0.25) is 0 Å². The number of nitrogens with two attached hydrogens (primary N) is 1. The van der Waals surface area contributed by atoms with Gasteiger partial charge in [0.15, 0.2) is 0 Å². The van der Waals surface area contributed by atoms with Gasteiger partial charge >= 0.3 is 0 Å². The van der Waals surface area contributed by atoms with Crippen LogP contribution in [-0.4, -0.2) is 34.0 Å². The predicted octanol–water partition coefficient (Wildman–Crippen LogP) is 3.20. The number of nitrogens with zero attached hydrogens (tertiary/aromatic N) is 3. The van der Waals surface area contributed by atoms with Crippen molar-refractivity contribution in [3.8, 4) is 0 Å². The first-order valence-corrected chi connectivity index (χ1v) is 9.07. The molecule has 0 amide bonds. The van der Waals surface area contributed by atoms with Crippen molar-refractivity contribution >= 4 is 28.4 Å². The van der Waals surface area contributed by atoms with Crippen LogP contribution >= 0.6 is 22.6 Å². The minimum absolute atomic E-state index is 0.490. The van der Waals surface area contributed by atoms with E-state index in [0.29, 0.717) is 29.7 Å². The summed E-state index contributed by atoms with van der Waals surface area (Å²) in [6.07, 6.45) is 6.02. The highest BCUT2D eigenvalue weighted by atomic mass is 127. The first kappa shape index (κ1) is 15.5. The van der Waals surface area contributed by atoms with E-state index < -0.39 is 0 Å². The third-order valence-electron chi connectivity index (χ3n) is 5.03. The van der Waals surface area contributed by atoms with Gasteiger partial charge in [0.1, 0.15) is 11.6 Å². The first-order chi connectivity index (χ1) is 9.95. The summed E-state index contributed by atoms with van der Waals surface area (Å²) < 4.78 is 1.04. The second-order valence-electron chi connectivity index (χ2n) is 7.04. The van der Waals surface area contributed by atoms with Crippen LogP contribution in [-0.2, 0) is 6.42 Å². The number of hydrogen-bond donors (Lipinski definition) is 1. The van der Waals surface area contributed by atoms with E-state index in [1.165, 1.54) is 25.7 Å². The quantitative estimate of drug-likeness (QED) is 0.792.